The molecule has 0 amide bonds. The Hall–Kier alpha value is -2.09. The van der Waals surface area contributed by atoms with E-state index in [9.17, 15) is 13.2 Å². The Morgan fingerprint density at radius 2 is 1.89 bits per heavy atom. The van der Waals surface area contributed by atoms with E-state index in [4.69, 9.17) is 5.84 Å². The Morgan fingerprint density at radius 3 is 2.56 bits per heavy atom. The number of fused-ring (bicyclic) bond motifs is 1. The zero-order valence-corrected chi connectivity index (χ0v) is 9.12. The molecule has 1 heterocycles. The summed E-state index contributed by atoms with van der Waals surface area (Å²) in [6.45, 7) is -1.17. The second-order valence-electron chi connectivity index (χ2n) is 3.53. The predicted molar refractivity (Wildman–Crippen MR) is 61.9 cm³/mol. The number of nitrogen functional groups attached to an aromatic ring is 1. The first-order valence-electron chi connectivity index (χ1n) is 5.03. The molecule has 0 aliphatic heterocycles. The fourth-order valence-electron chi connectivity index (χ4n) is 1.46. The van der Waals surface area contributed by atoms with Gasteiger partial charge in [0.1, 0.15) is 12.4 Å². The Morgan fingerprint density at radius 1 is 1.17 bits per heavy atom. The zero-order chi connectivity index (χ0) is 13.2. The van der Waals surface area contributed by atoms with Gasteiger partial charge in [0.2, 0.25) is 5.95 Å². The van der Waals surface area contributed by atoms with Crippen molar-refractivity contribution in [3.63, 3.8) is 0 Å². The zero-order valence-electron chi connectivity index (χ0n) is 9.12. The smallest absolute Gasteiger partial charge is 0.360 e. The highest BCUT2D eigenvalue weighted by Gasteiger charge is 2.27. The van der Waals surface area contributed by atoms with Crippen molar-refractivity contribution in [1.29, 1.82) is 0 Å². The number of aromatic nitrogens is 2. The van der Waals surface area contributed by atoms with Crippen LogP contribution < -0.4 is 16.6 Å². The summed E-state index contributed by atoms with van der Waals surface area (Å²) in [4.78, 5) is 7.89. The fourth-order valence-corrected chi connectivity index (χ4v) is 1.46. The van der Waals surface area contributed by atoms with Crippen LogP contribution in [-0.4, -0.2) is 22.7 Å². The molecule has 0 saturated carbocycles. The number of nitrogens with two attached hydrogens (primary N) is 1. The van der Waals surface area contributed by atoms with Crippen LogP contribution in [0.4, 0.5) is 24.9 Å². The van der Waals surface area contributed by atoms with Crippen LogP contribution in [0.2, 0.25) is 0 Å². The summed E-state index contributed by atoms with van der Waals surface area (Å²) in [6, 6.07) is 6.72. The maximum atomic E-state index is 12.2. The fraction of sp³-hybridized carbons (Fsp3) is 0.200. The third kappa shape index (κ3) is 2.77. The molecule has 0 bridgehead atoms. The molecular formula is C10H10F3N5. The van der Waals surface area contributed by atoms with Crippen LogP contribution in [0.1, 0.15) is 0 Å². The Labute approximate surface area is 100 Å². The van der Waals surface area contributed by atoms with Gasteiger partial charge in [0.05, 0.1) is 5.52 Å². The van der Waals surface area contributed by atoms with Crippen molar-refractivity contribution in [2.45, 2.75) is 6.18 Å². The Kier molecular flexibility index (Phi) is 3.19. The van der Waals surface area contributed by atoms with E-state index < -0.39 is 12.7 Å². The summed E-state index contributed by atoms with van der Waals surface area (Å²) in [5.41, 5.74) is 2.72. The number of para-hydroxylation sites is 1. The van der Waals surface area contributed by atoms with Gasteiger partial charge in [-0.05, 0) is 12.1 Å². The van der Waals surface area contributed by atoms with Gasteiger partial charge in [0.15, 0.2) is 0 Å². The molecule has 2 rings (SSSR count). The molecule has 0 aliphatic rings. The first kappa shape index (κ1) is 12.4. The number of rotatable bonds is 3. The lowest BCUT2D eigenvalue weighted by Gasteiger charge is -2.12. The summed E-state index contributed by atoms with van der Waals surface area (Å²) in [6.07, 6.45) is -4.32. The van der Waals surface area contributed by atoms with E-state index in [1.807, 2.05) is 0 Å². The second-order valence-corrected chi connectivity index (χ2v) is 3.53. The molecule has 4 N–H and O–H groups in total. The van der Waals surface area contributed by atoms with Gasteiger partial charge < -0.3 is 5.32 Å². The van der Waals surface area contributed by atoms with Crippen molar-refractivity contribution in [1.82, 2.24) is 9.97 Å². The van der Waals surface area contributed by atoms with Gasteiger partial charge in [-0.1, -0.05) is 12.1 Å². The van der Waals surface area contributed by atoms with Gasteiger partial charge in [-0.25, -0.2) is 10.8 Å². The van der Waals surface area contributed by atoms with Gasteiger partial charge in [-0.15, -0.1) is 0 Å². The molecule has 0 saturated heterocycles. The van der Waals surface area contributed by atoms with Gasteiger partial charge in [-0.3, -0.25) is 5.43 Å². The number of alkyl halides is 3. The molecule has 5 nitrogen and oxygen atoms in total. The largest absolute Gasteiger partial charge is 0.405 e. The predicted octanol–water partition coefficient (Wildman–Crippen LogP) is 1.89. The number of hydrogen-bond donors (Lipinski definition) is 3. The minimum absolute atomic E-state index is 0.0541. The number of anilines is 2. The van der Waals surface area contributed by atoms with Crippen LogP contribution in [0.3, 0.4) is 0 Å². The standard InChI is InChI=1S/C10H10F3N5/c11-10(12,13)5-15-8-6-3-1-2-4-7(6)16-9(17-8)18-14/h1-4H,5,14H2,(H2,15,16,17,18). The van der Waals surface area contributed by atoms with E-state index >= 15 is 0 Å². The average molecular weight is 257 g/mol. The van der Waals surface area contributed by atoms with Crippen molar-refractivity contribution in [2.24, 2.45) is 5.84 Å². The lowest BCUT2D eigenvalue weighted by Crippen LogP contribution is -2.22. The summed E-state index contributed by atoms with van der Waals surface area (Å²) in [5, 5.41) is 2.73. The van der Waals surface area contributed by atoms with E-state index in [1.54, 1.807) is 24.3 Å². The normalized spacial score (nSPS) is 11.6. The quantitative estimate of drug-likeness (QED) is 0.578. The van der Waals surface area contributed by atoms with Crippen molar-refractivity contribution >= 4 is 22.7 Å². The first-order chi connectivity index (χ1) is 8.49. The highest BCUT2D eigenvalue weighted by atomic mass is 19.4. The average Bonchev–Trinajstić information content (AvgIpc) is 2.34. The van der Waals surface area contributed by atoms with Gasteiger partial charge >= 0.3 is 6.18 Å². The third-order valence-corrected chi connectivity index (χ3v) is 2.19. The summed E-state index contributed by atoms with van der Waals surface area (Å²) in [7, 11) is 0. The number of nitrogens with one attached hydrogen (secondary N) is 2. The minimum atomic E-state index is -4.32. The molecule has 0 atom stereocenters. The van der Waals surface area contributed by atoms with E-state index in [-0.39, 0.29) is 11.8 Å². The van der Waals surface area contributed by atoms with Gasteiger partial charge in [-0.2, -0.15) is 18.2 Å². The molecule has 0 radical (unpaired) electrons. The number of hydrogen-bond acceptors (Lipinski definition) is 5. The number of nitrogens with zero attached hydrogens (tertiary/aromatic N) is 2. The van der Waals surface area contributed by atoms with Crippen LogP contribution >= 0.6 is 0 Å². The molecule has 2 aromatic rings. The molecule has 18 heavy (non-hydrogen) atoms. The highest BCUT2D eigenvalue weighted by molar-refractivity contribution is 5.89. The molecule has 1 aromatic carbocycles. The van der Waals surface area contributed by atoms with Crippen molar-refractivity contribution in [3.05, 3.63) is 24.3 Å². The highest BCUT2D eigenvalue weighted by Crippen LogP contribution is 2.23. The third-order valence-electron chi connectivity index (χ3n) is 2.19. The lowest BCUT2D eigenvalue weighted by atomic mass is 10.2. The monoisotopic (exact) mass is 257 g/mol. The summed E-state index contributed by atoms with van der Waals surface area (Å²) in [5.74, 6) is 5.31. The van der Waals surface area contributed by atoms with E-state index in [2.05, 4.69) is 20.7 Å². The number of halogens is 3. The molecule has 0 unspecified atom stereocenters. The lowest BCUT2D eigenvalue weighted by molar-refractivity contribution is -0.115. The van der Waals surface area contributed by atoms with Crippen molar-refractivity contribution < 1.29 is 13.2 Å². The topological polar surface area (TPSA) is 75.9 Å². The number of benzene rings is 1. The van der Waals surface area contributed by atoms with Crippen LogP contribution in [0, 0.1) is 0 Å². The van der Waals surface area contributed by atoms with E-state index in [1.165, 1.54) is 0 Å². The van der Waals surface area contributed by atoms with E-state index in [0.717, 1.165) is 0 Å². The molecule has 1 aromatic heterocycles. The first-order valence-corrected chi connectivity index (χ1v) is 5.03. The maximum absolute atomic E-state index is 12.2. The van der Waals surface area contributed by atoms with Crippen LogP contribution in [0.5, 0.6) is 0 Å². The summed E-state index contributed by atoms with van der Waals surface area (Å²) >= 11 is 0. The molecule has 0 aliphatic carbocycles. The van der Waals surface area contributed by atoms with Crippen LogP contribution in [0.25, 0.3) is 10.9 Å². The van der Waals surface area contributed by atoms with Crippen molar-refractivity contribution in [3.8, 4) is 0 Å². The Balaban J connectivity index is 2.41. The molecule has 0 spiro atoms. The van der Waals surface area contributed by atoms with Crippen molar-refractivity contribution in [2.75, 3.05) is 17.3 Å². The second kappa shape index (κ2) is 4.65. The number of hydrazine groups is 1. The maximum Gasteiger partial charge on any atom is 0.405 e. The minimum Gasteiger partial charge on any atom is -0.360 e. The SMILES string of the molecule is NNc1nc(NCC(F)(F)F)c2ccccc2n1. The Bertz CT molecular complexity index is 555. The van der Waals surface area contributed by atoms with Crippen LogP contribution in [0.15, 0.2) is 24.3 Å². The van der Waals surface area contributed by atoms with Crippen LogP contribution in [-0.2, 0) is 0 Å². The molecular weight excluding hydrogens is 247 g/mol. The van der Waals surface area contributed by atoms with E-state index in [0.29, 0.717) is 10.9 Å². The molecule has 8 heteroatoms. The molecule has 0 fully saturated rings. The summed E-state index contributed by atoms with van der Waals surface area (Å²) < 4.78 is 36.5. The molecule has 96 valence electrons. The van der Waals surface area contributed by atoms with Gasteiger partial charge in [0, 0.05) is 5.39 Å². The van der Waals surface area contributed by atoms with Gasteiger partial charge in [0.25, 0.3) is 0 Å².